The Bertz CT molecular complexity index is 794. The second-order valence-corrected chi connectivity index (χ2v) is 7.51. The quantitative estimate of drug-likeness (QED) is 0.767. The van der Waals surface area contributed by atoms with Crippen molar-refractivity contribution in [1.29, 1.82) is 0 Å². The minimum Gasteiger partial charge on any atom is -0.353 e. The molecule has 4 rings (SSSR count). The van der Waals surface area contributed by atoms with Crippen molar-refractivity contribution in [2.75, 3.05) is 19.6 Å². The van der Waals surface area contributed by atoms with Gasteiger partial charge in [0.25, 0.3) is 0 Å². The Balaban J connectivity index is 1.14. The monoisotopic (exact) mass is 365 g/mol. The number of hydrogen-bond donors (Lipinski definition) is 1. The molecular formula is C22H24FN3O. The molecule has 2 aliphatic rings. The Labute approximate surface area is 159 Å². The highest BCUT2D eigenvalue weighted by Gasteiger charge is 2.54. The smallest absolute Gasteiger partial charge is 0.244 e. The van der Waals surface area contributed by atoms with Gasteiger partial charge in [-0.05, 0) is 59.6 Å². The third-order valence-electron chi connectivity index (χ3n) is 5.65. The molecule has 2 unspecified atom stereocenters. The zero-order valence-electron chi connectivity index (χ0n) is 15.2. The third kappa shape index (κ3) is 4.61. The Hall–Kier alpha value is -2.53. The van der Waals surface area contributed by atoms with Gasteiger partial charge in [0.05, 0.1) is 0 Å². The number of carbonyl (C=O) groups is 1. The lowest BCUT2D eigenvalue weighted by molar-refractivity contribution is -0.116. The Morgan fingerprint density at radius 1 is 1.22 bits per heavy atom. The third-order valence-corrected chi connectivity index (χ3v) is 5.65. The first-order chi connectivity index (χ1) is 13.2. The molecule has 1 saturated heterocycles. The molecule has 1 amide bonds. The van der Waals surface area contributed by atoms with Gasteiger partial charge in [-0.1, -0.05) is 18.2 Å². The molecule has 1 aliphatic carbocycles. The molecule has 1 aliphatic heterocycles. The number of fused-ring (bicyclic) bond motifs is 1. The summed E-state index contributed by atoms with van der Waals surface area (Å²) in [7, 11) is 0. The zero-order chi connectivity index (χ0) is 18.6. The van der Waals surface area contributed by atoms with Crippen molar-refractivity contribution in [1.82, 2.24) is 15.2 Å². The lowest BCUT2D eigenvalue weighted by atomic mass is 10.1. The largest absolute Gasteiger partial charge is 0.353 e. The van der Waals surface area contributed by atoms with Gasteiger partial charge in [-0.2, -0.15) is 0 Å². The molecule has 0 bridgehead atoms. The molecule has 4 nitrogen and oxygen atoms in total. The van der Waals surface area contributed by atoms with Gasteiger partial charge < -0.3 is 5.32 Å². The molecule has 0 radical (unpaired) electrons. The van der Waals surface area contributed by atoms with Crippen LogP contribution in [0.15, 0.2) is 54.9 Å². The number of nitrogens with zero attached hydrogens (tertiary/aromatic N) is 2. The van der Waals surface area contributed by atoms with Crippen molar-refractivity contribution >= 4 is 12.0 Å². The predicted octanol–water partition coefficient (Wildman–Crippen LogP) is 3.12. The van der Waals surface area contributed by atoms with Gasteiger partial charge in [0.2, 0.25) is 5.91 Å². The number of aromatic nitrogens is 1. The topological polar surface area (TPSA) is 45.2 Å². The summed E-state index contributed by atoms with van der Waals surface area (Å²) in [6.45, 7) is 3.85. The lowest BCUT2D eigenvalue weighted by Crippen LogP contribution is -2.26. The maximum absolute atomic E-state index is 13.0. The molecule has 5 heteroatoms. The summed E-state index contributed by atoms with van der Waals surface area (Å²) in [4.78, 5) is 18.4. The minimum absolute atomic E-state index is 0.0531. The van der Waals surface area contributed by atoms with Crippen LogP contribution in [0.25, 0.3) is 6.08 Å². The van der Waals surface area contributed by atoms with Gasteiger partial charge in [0.1, 0.15) is 5.82 Å². The predicted molar refractivity (Wildman–Crippen MR) is 103 cm³/mol. The summed E-state index contributed by atoms with van der Waals surface area (Å²) in [5.41, 5.74) is 2.09. The van der Waals surface area contributed by atoms with E-state index in [1.165, 1.54) is 17.7 Å². The SMILES string of the molecule is O=C(/C=C/c1cccnc1)NCCC1C2CN(Cc3ccc(F)cc3)CC12. The molecule has 2 atom stereocenters. The van der Waals surface area contributed by atoms with Gasteiger partial charge in [-0.15, -0.1) is 0 Å². The number of nitrogens with one attached hydrogen (secondary N) is 1. The standard InChI is InChI=1S/C22H24FN3O/c23-18-6-3-17(4-7-18)13-26-14-20-19(21(20)15-26)9-11-25-22(27)8-5-16-2-1-10-24-12-16/h1-8,10,12,19-21H,9,11,13-15H2,(H,25,27)/b8-5+. The van der Waals surface area contributed by atoms with Crippen LogP contribution in [0.2, 0.25) is 0 Å². The molecule has 1 aromatic carbocycles. The van der Waals surface area contributed by atoms with Crippen LogP contribution in [-0.2, 0) is 11.3 Å². The van der Waals surface area contributed by atoms with Crippen LogP contribution in [0.5, 0.6) is 0 Å². The first-order valence-electron chi connectivity index (χ1n) is 9.52. The number of pyridine rings is 1. The summed E-state index contributed by atoms with van der Waals surface area (Å²) in [6, 6.07) is 10.6. The Kier molecular flexibility index (Phi) is 5.30. The average Bonchev–Trinajstić information content (AvgIpc) is 3.13. The van der Waals surface area contributed by atoms with Crippen LogP contribution < -0.4 is 5.32 Å². The number of hydrogen-bond acceptors (Lipinski definition) is 3. The second kappa shape index (κ2) is 8.01. The van der Waals surface area contributed by atoms with Gasteiger partial charge >= 0.3 is 0 Å². The fourth-order valence-corrected chi connectivity index (χ4v) is 4.21. The molecule has 27 heavy (non-hydrogen) atoms. The average molecular weight is 365 g/mol. The number of carbonyl (C=O) groups excluding carboxylic acids is 1. The zero-order valence-corrected chi connectivity index (χ0v) is 15.2. The van der Waals surface area contributed by atoms with E-state index in [0.717, 1.165) is 55.9 Å². The first kappa shape index (κ1) is 17.9. The maximum atomic E-state index is 13.0. The Morgan fingerprint density at radius 2 is 2.00 bits per heavy atom. The molecule has 1 N–H and O–H groups in total. The van der Waals surface area contributed by atoms with Crippen molar-refractivity contribution in [2.45, 2.75) is 13.0 Å². The number of benzene rings is 1. The lowest BCUT2D eigenvalue weighted by Gasteiger charge is -2.19. The summed E-state index contributed by atoms with van der Waals surface area (Å²) >= 11 is 0. The first-order valence-corrected chi connectivity index (χ1v) is 9.52. The summed E-state index contributed by atoms with van der Waals surface area (Å²) in [5, 5.41) is 2.97. The second-order valence-electron chi connectivity index (χ2n) is 7.51. The Morgan fingerprint density at radius 3 is 2.70 bits per heavy atom. The molecule has 1 saturated carbocycles. The molecule has 0 spiro atoms. The molecule has 2 heterocycles. The van der Waals surface area contributed by atoms with E-state index in [1.807, 2.05) is 24.3 Å². The van der Waals surface area contributed by atoms with Crippen LogP contribution >= 0.6 is 0 Å². The highest BCUT2D eigenvalue weighted by molar-refractivity contribution is 5.91. The van der Waals surface area contributed by atoms with Crippen molar-refractivity contribution in [2.24, 2.45) is 17.8 Å². The summed E-state index contributed by atoms with van der Waals surface area (Å²) in [5.74, 6) is 2.02. The van der Waals surface area contributed by atoms with Crippen LogP contribution in [0.3, 0.4) is 0 Å². The van der Waals surface area contributed by atoms with Crippen molar-refractivity contribution in [3.8, 4) is 0 Å². The van der Waals surface area contributed by atoms with E-state index in [2.05, 4.69) is 15.2 Å². The van der Waals surface area contributed by atoms with Gasteiger partial charge in [0.15, 0.2) is 0 Å². The summed E-state index contributed by atoms with van der Waals surface area (Å²) in [6.07, 6.45) is 7.83. The highest BCUT2D eigenvalue weighted by atomic mass is 19.1. The number of halogens is 1. The number of rotatable bonds is 7. The van der Waals surface area contributed by atoms with Crippen LogP contribution in [0.1, 0.15) is 17.5 Å². The molecule has 2 aromatic rings. The molecule has 140 valence electrons. The summed E-state index contributed by atoms with van der Waals surface area (Å²) < 4.78 is 13.0. The molecular weight excluding hydrogens is 341 g/mol. The molecule has 1 aromatic heterocycles. The van der Waals surface area contributed by atoms with Crippen LogP contribution in [0, 0.1) is 23.6 Å². The van der Waals surface area contributed by atoms with E-state index >= 15 is 0 Å². The van der Waals surface area contributed by atoms with Gasteiger partial charge in [-0.25, -0.2) is 4.39 Å². The van der Waals surface area contributed by atoms with E-state index < -0.39 is 0 Å². The van der Waals surface area contributed by atoms with Gasteiger partial charge in [0, 0.05) is 44.6 Å². The van der Waals surface area contributed by atoms with Crippen molar-refractivity contribution < 1.29 is 9.18 Å². The fraction of sp³-hybridized carbons (Fsp3) is 0.364. The van der Waals surface area contributed by atoms with Crippen molar-refractivity contribution in [3.05, 3.63) is 71.8 Å². The van der Waals surface area contributed by atoms with E-state index in [0.29, 0.717) is 0 Å². The van der Waals surface area contributed by atoms with E-state index in [1.54, 1.807) is 24.5 Å². The number of likely N-dealkylation sites (tertiary alicyclic amines) is 1. The van der Waals surface area contributed by atoms with Crippen LogP contribution in [0.4, 0.5) is 4.39 Å². The van der Waals surface area contributed by atoms with E-state index in [4.69, 9.17) is 0 Å². The van der Waals surface area contributed by atoms with E-state index in [9.17, 15) is 9.18 Å². The number of amides is 1. The maximum Gasteiger partial charge on any atom is 0.244 e. The molecule has 2 fully saturated rings. The fourth-order valence-electron chi connectivity index (χ4n) is 4.21. The number of piperidine rings is 1. The van der Waals surface area contributed by atoms with E-state index in [-0.39, 0.29) is 11.7 Å². The minimum atomic E-state index is -0.180. The normalized spacial score (nSPS) is 24.1. The van der Waals surface area contributed by atoms with Gasteiger partial charge in [-0.3, -0.25) is 14.7 Å². The van der Waals surface area contributed by atoms with Crippen molar-refractivity contribution in [3.63, 3.8) is 0 Å². The highest BCUT2D eigenvalue weighted by Crippen LogP contribution is 2.53. The van der Waals surface area contributed by atoms with Crippen LogP contribution in [-0.4, -0.2) is 35.4 Å².